The van der Waals surface area contributed by atoms with Gasteiger partial charge in [-0.15, -0.1) is 11.8 Å². The number of hydrogen-bond donors (Lipinski definition) is 1. The quantitative estimate of drug-likeness (QED) is 0.725. The predicted molar refractivity (Wildman–Crippen MR) is 93.8 cm³/mol. The van der Waals surface area contributed by atoms with Crippen molar-refractivity contribution >= 4 is 11.8 Å². The average Bonchev–Trinajstić information content (AvgIpc) is 2.53. The first kappa shape index (κ1) is 16.1. The molecule has 0 aromatic heterocycles. The van der Waals surface area contributed by atoms with Crippen LogP contribution in [0.3, 0.4) is 0 Å². The average molecular weight is 299 g/mol. The Bertz CT molecular complexity index is 533. The second-order valence-corrected chi connectivity index (χ2v) is 7.04. The number of hydrogen-bond acceptors (Lipinski definition) is 2. The van der Waals surface area contributed by atoms with E-state index in [-0.39, 0.29) is 6.04 Å². The molecule has 112 valence electrons. The van der Waals surface area contributed by atoms with E-state index in [1.807, 2.05) is 17.8 Å². The predicted octanol–water partition coefficient (Wildman–Crippen LogP) is 5.38. The molecule has 2 unspecified atom stereocenters. The van der Waals surface area contributed by atoms with E-state index in [0.717, 1.165) is 6.42 Å². The van der Waals surface area contributed by atoms with Gasteiger partial charge in [0.2, 0.25) is 0 Å². The van der Waals surface area contributed by atoms with Gasteiger partial charge in [-0.2, -0.15) is 0 Å². The molecule has 0 aliphatic rings. The lowest BCUT2D eigenvalue weighted by atomic mass is 10.0. The summed E-state index contributed by atoms with van der Waals surface area (Å²) in [5.41, 5.74) is 9.06. The summed E-state index contributed by atoms with van der Waals surface area (Å²) in [5.74, 6) is 0.581. The van der Waals surface area contributed by atoms with Crippen LogP contribution in [0.4, 0.5) is 0 Å². The van der Waals surface area contributed by atoms with E-state index < -0.39 is 0 Å². The molecule has 2 N–H and O–H groups in total. The number of thioether (sulfide) groups is 1. The van der Waals surface area contributed by atoms with Crippen molar-refractivity contribution in [2.45, 2.75) is 49.3 Å². The first-order chi connectivity index (χ1) is 10.1. The summed E-state index contributed by atoms with van der Waals surface area (Å²) in [6.45, 7) is 6.66. The summed E-state index contributed by atoms with van der Waals surface area (Å²) < 4.78 is 0. The van der Waals surface area contributed by atoms with Gasteiger partial charge in [-0.25, -0.2) is 0 Å². The Kier molecular flexibility index (Phi) is 5.89. The standard InChI is InChI=1S/C19H25NS/c1-4-18(19(20)16-8-6-5-7-9-16)21-17-12-10-15(11-13-17)14(2)3/h5-14,18-19H,4,20H2,1-3H3. The molecule has 2 atom stereocenters. The molecule has 0 saturated heterocycles. The Morgan fingerprint density at radius 3 is 2.05 bits per heavy atom. The highest BCUT2D eigenvalue weighted by Gasteiger charge is 2.18. The zero-order chi connectivity index (χ0) is 15.2. The maximum Gasteiger partial charge on any atom is 0.0418 e. The van der Waals surface area contributed by atoms with Gasteiger partial charge < -0.3 is 5.73 Å². The maximum absolute atomic E-state index is 6.45. The monoisotopic (exact) mass is 299 g/mol. The zero-order valence-corrected chi connectivity index (χ0v) is 13.9. The third kappa shape index (κ3) is 4.36. The summed E-state index contributed by atoms with van der Waals surface area (Å²) in [4.78, 5) is 1.30. The van der Waals surface area contributed by atoms with Crippen LogP contribution in [-0.4, -0.2) is 5.25 Å². The molecular weight excluding hydrogens is 274 g/mol. The normalized spacial score (nSPS) is 14.1. The van der Waals surface area contributed by atoms with E-state index >= 15 is 0 Å². The Labute approximate surface area is 133 Å². The third-order valence-electron chi connectivity index (χ3n) is 3.82. The lowest BCUT2D eigenvalue weighted by Crippen LogP contribution is -2.23. The van der Waals surface area contributed by atoms with Gasteiger partial charge in [0.1, 0.15) is 0 Å². The van der Waals surface area contributed by atoms with Crippen molar-refractivity contribution in [1.29, 1.82) is 0 Å². The Morgan fingerprint density at radius 1 is 0.905 bits per heavy atom. The van der Waals surface area contributed by atoms with Crippen LogP contribution in [-0.2, 0) is 0 Å². The van der Waals surface area contributed by atoms with Crippen LogP contribution in [0.1, 0.15) is 50.3 Å². The minimum absolute atomic E-state index is 0.0750. The lowest BCUT2D eigenvalue weighted by molar-refractivity contribution is 0.656. The topological polar surface area (TPSA) is 26.0 Å². The highest BCUT2D eigenvalue weighted by molar-refractivity contribution is 8.00. The molecule has 0 fully saturated rings. The summed E-state index contributed by atoms with van der Waals surface area (Å²) in [7, 11) is 0. The molecule has 0 spiro atoms. The van der Waals surface area contributed by atoms with E-state index in [0.29, 0.717) is 11.2 Å². The Balaban J connectivity index is 2.08. The van der Waals surface area contributed by atoms with Gasteiger partial charge in [0.15, 0.2) is 0 Å². The van der Waals surface area contributed by atoms with Crippen LogP contribution < -0.4 is 5.73 Å². The van der Waals surface area contributed by atoms with Crippen molar-refractivity contribution in [2.75, 3.05) is 0 Å². The minimum Gasteiger partial charge on any atom is -0.323 e. The Hall–Kier alpha value is -1.25. The molecule has 2 aromatic carbocycles. The summed E-state index contributed by atoms with van der Waals surface area (Å²) in [6, 6.07) is 19.4. The van der Waals surface area contributed by atoms with Crippen molar-refractivity contribution in [2.24, 2.45) is 5.73 Å². The zero-order valence-electron chi connectivity index (χ0n) is 13.1. The summed E-state index contributed by atoms with van der Waals surface area (Å²) in [5, 5.41) is 0.400. The molecule has 0 heterocycles. The van der Waals surface area contributed by atoms with Gasteiger partial charge in [0, 0.05) is 16.2 Å². The summed E-state index contributed by atoms with van der Waals surface area (Å²) >= 11 is 1.89. The van der Waals surface area contributed by atoms with E-state index in [1.165, 1.54) is 16.0 Å². The third-order valence-corrected chi connectivity index (χ3v) is 5.30. The van der Waals surface area contributed by atoms with Gasteiger partial charge in [-0.1, -0.05) is 63.2 Å². The molecule has 0 saturated carbocycles. The largest absolute Gasteiger partial charge is 0.323 e. The Morgan fingerprint density at radius 2 is 1.52 bits per heavy atom. The molecule has 2 rings (SSSR count). The van der Waals surface area contributed by atoms with Crippen molar-refractivity contribution < 1.29 is 0 Å². The highest BCUT2D eigenvalue weighted by atomic mass is 32.2. The minimum atomic E-state index is 0.0750. The molecule has 0 aliphatic carbocycles. The maximum atomic E-state index is 6.45. The van der Waals surface area contributed by atoms with Gasteiger partial charge in [0.05, 0.1) is 0 Å². The SMILES string of the molecule is CCC(Sc1ccc(C(C)C)cc1)C(N)c1ccccc1. The van der Waals surface area contributed by atoms with Gasteiger partial charge >= 0.3 is 0 Å². The smallest absolute Gasteiger partial charge is 0.0418 e. The van der Waals surface area contributed by atoms with Crippen molar-refractivity contribution in [3.63, 3.8) is 0 Å². The van der Waals surface area contributed by atoms with Crippen LogP contribution in [0.25, 0.3) is 0 Å². The lowest BCUT2D eigenvalue weighted by Gasteiger charge is -2.22. The molecule has 21 heavy (non-hydrogen) atoms. The van der Waals surface area contributed by atoms with Gasteiger partial charge in [0.25, 0.3) is 0 Å². The molecule has 0 amide bonds. The molecule has 0 aliphatic heterocycles. The number of benzene rings is 2. The first-order valence-corrected chi connectivity index (χ1v) is 8.57. The fourth-order valence-electron chi connectivity index (χ4n) is 2.41. The molecule has 1 nitrogen and oxygen atoms in total. The van der Waals surface area contributed by atoms with E-state index in [9.17, 15) is 0 Å². The second-order valence-electron chi connectivity index (χ2n) is 5.72. The molecule has 0 radical (unpaired) electrons. The second kappa shape index (κ2) is 7.67. The molecule has 0 bridgehead atoms. The van der Waals surface area contributed by atoms with Gasteiger partial charge in [-0.05, 0) is 35.6 Å². The van der Waals surface area contributed by atoms with Crippen molar-refractivity contribution in [3.8, 4) is 0 Å². The van der Waals surface area contributed by atoms with Crippen LogP contribution in [0.15, 0.2) is 59.5 Å². The van der Waals surface area contributed by atoms with E-state index in [1.54, 1.807) is 0 Å². The van der Waals surface area contributed by atoms with E-state index in [4.69, 9.17) is 5.73 Å². The van der Waals surface area contributed by atoms with Crippen molar-refractivity contribution in [3.05, 3.63) is 65.7 Å². The fourth-order valence-corrected chi connectivity index (χ4v) is 3.52. The van der Waals surface area contributed by atoms with Crippen LogP contribution in [0.5, 0.6) is 0 Å². The first-order valence-electron chi connectivity index (χ1n) is 7.69. The molecular formula is C19H25NS. The van der Waals surface area contributed by atoms with Crippen LogP contribution in [0.2, 0.25) is 0 Å². The highest BCUT2D eigenvalue weighted by Crippen LogP contribution is 2.33. The molecule has 2 heteroatoms. The molecule has 2 aromatic rings. The number of rotatable bonds is 6. The van der Waals surface area contributed by atoms with Crippen LogP contribution in [0, 0.1) is 0 Å². The van der Waals surface area contributed by atoms with Crippen molar-refractivity contribution in [1.82, 2.24) is 0 Å². The summed E-state index contributed by atoms with van der Waals surface area (Å²) in [6.07, 6.45) is 1.06. The van der Waals surface area contributed by atoms with E-state index in [2.05, 4.69) is 69.3 Å². The van der Waals surface area contributed by atoms with Gasteiger partial charge in [-0.3, -0.25) is 0 Å². The number of nitrogens with two attached hydrogens (primary N) is 1. The van der Waals surface area contributed by atoms with Crippen LogP contribution >= 0.6 is 11.8 Å². The fraction of sp³-hybridized carbons (Fsp3) is 0.368.